The Bertz CT molecular complexity index is 513. The van der Waals surface area contributed by atoms with Gasteiger partial charge in [0.15, 0.2) is 5.82 Å². The molecule has 1 aromatic carbocycles. The summed E-state index contributed by atoms with van der Waals surface area (Å²) in [5.74, 6) is 0.896. The van der Waals surface area contributed by atoms with Gasteiger partial charge in [0.2, 0.25) is 0 Å². The number of hydrogen-bond donors (Lipinski definition) is 1. The number of nitrogens with zero attached hydrogens (tertiary/aromatic N) is 4. The number of tetrazole rings is 1. The van der Waals surface area contributed by atoms with E-state index in [-0.39, 0.29) is 5.54 Å². The Morgan fingerprint density at radius 2 is 1.90 bits per heavy atom. The first kappa shape index (κ1) is 14.7. The molecule has 0 unspecified atom stereocenters. The lowest BCUT2D eigenvalue weighted by molar-refractivity contribution is 0.406. The molecule has 5 heteroatoms. The van der Waals surface area contributed by atoms with E-state index in [1.165, 1.54) is 5.56 Å². The molecule has 0 amide bonds. The number of nitrogens with one attached hydrogen (secondary N) is 1. The van der Waals surface area contributed by atoms with Crippen molar-refractivity contribution in [3.63, 3.8) is 0 Å². The first-order valence-electron chi connectivity index (χ1n) is 7.08. The van der Waals surface area contributed by atoms with E-state index >= 15 is 0 Å². The Hall–Kier alpha value is -1.75. The second kappa shape index (κ2) is 6.61. The Balaban J connectivity index is 1.83. The summed E-state index contributed by atoms with van der Waals surface area (Å²) in [6, 6.07) is 10.5. The Kier molecular flexibility index (Phi) is 4.84. The summed E-state index contributed by atoms with van der Waals surface area (Å²) in [6.45, 7) is 7.95. The van der Waals surface area contributed by atoms with Gasteiger partial charge in [0.05, 0.1) is 6.54 Å². The van der Waals surface area contributed by atoms with Crippen molar-refractivity contribution >= 4 is 0 Å². The lowest BCUT2D eigenvalue weighted by Crippen LogP contribution is -2.36. The molecule has 1 N–H and O–H groups in total. The first-order chi connectivity index (χ1) is 9.54. The maximum absolute atomic E-state index is 4.08. The largest absolute Gasteiger partial charge is 0.305 e. The third-order valence-electron chi connectivity index (χ3n) is 3.06. The molecule has 0 radical (unpaired) electrons. The van der Waals surface area contributed by atoms with Gasteiger partial charge in [-0.25, -0.2) is 4.68 Å². The van der Waals surface area contributed by atoms with Crippen LogP contribution in [-0.2, 0) is 19.5 Å². The van der Waals surface area contributed by atoms with Crippen molar-refractivity contribution in [2.75, 3.05) is 0 Å². The second-order valence-corrected chi connectivity index (χ2v) is 6.01. The highest BCUT2D eigenvalue weighted by atomic mass is 15.5. The number of hydrogen-bond acceptors (Lipinski definition) is 4. The summed E-state index contributed by atoms with van der Waals surface area (Å²) in [4.78, 5) is 0. The predicted octanol–water partition coefficient (Wildman–Crippen LogP) is 2.19. The molecular formula is C15H23N5. The van der Waals surface area contributed by atoms with Crippen LogP contribution in [0.4, 0.5) is 0 Å². The maximum atomic E-state index is 4.08. The van der Waals surface area contributed by atoms with Crippen LogP contribution in [0.5, 0.6) is 0 Å². The van der Waals surface area contributed by atoms with Gasteiger partial charge in [-0.2, -0.15) is 0 Å². The third kappa shape index (κ3) is 4.74. The maximum Gasteiger partial charge on any atom is 0.165 e. The van der Waals surface area contributed by atoms with Gasteiger partial charge >= 0.3 is 0 Å². The van der Waals surface area contributed by atoms with Crippen LogP contribution in [0, 0.1) is 0 Å². The van der Waals surface area contributed by atoms with Crippen molar-refractivity contribution in [3.8, 4) is 0 Å². The number of rotatable bonds is 6. The van der Waals surface area contributed by atoms with Crippen LogP contribution in [0.2, 0.25) is 0 Å². The smallest absolute Gasteiger partial charge is 0.165 e. The SMILES string of the molecule is CC(C)(C)NCc1nnnn1CCCc1ccccc1. The zero-order chi connectivity index (χ0) is 14.4. The van der Waals surface area contributed by atoms with Crippen molar-refractivity contribution < 1.29 is 0 Å². The number of aryl methyl sites for hydroxylation is 2. The molecular weight excluding hydrogens is 250 g/mol. The monoisotopic (exact) mass is 273 g/mol. The minimum absolute atomic E-state index is 0.0703. The second-order valence-electron chi connectivity index (χ2n) is 6.01. The van der Waals surface area contributed by atoms with Crippen LogP contribution in [0.1, 0.15) is 38.6 Å². The van der Waals surface area contributed by atoms with Crippen molar-refractivity contribution in [1.82, 2.24) is 25.5 Å². The van der Waals surface area contributed by atoms with Crippen molar-refractivity contribution in [3.05, 3.63) is 41.7 Å². The predicted molar refractivity (Wildman–Crippen MR) is 79.2 cm³/mol. The van der Waals surface area contributed by atoms with E-state index in [2.05, 4.69) is 65.9 Å². The fraction of sp³-hybridized carbons (Fsp3) is 0.533. The fourth-order valence-electron chi connectivity index (χ4n) is 1.95. The first-order valence-corrected chi connectivity index (χ1v) is 7.08. The Labute approximate surface area is 120 Å². The lowest BCUT2D eigenvalue weighted by Gasteiger charge is -2.19. The summed E-state index contributed by atoms with van der Waals surface area (Å²) >= 11 is 0. The van der Waals surface area contributed by atoms with E-state index in [4.69, 9.17) is 0 Å². The van der Waals surface area contributed by atoms with Crippen LogP contribution in [0.3, 0.4) is 0 Å². The van der Waals surface area contributed by atoms with Crippen molar-refractivity contribution in [2.45, 2.75) is 52.2 Å². The van der Waals surface area contributed by atoms with E-state index in [0.29, 0.717) is 6.54 Å². The van der Waals surface area contributed by atoms with E-state index in [1.54, 1.807) is 0 Å². The van der Waals surface area contributed by atoms with Gasteiger partial charge in [0.1, 0.15) is 0 Å². The van der Waals surface area contributed by atoms with Crippen LogP contribution in [0.15, 0.2) is 30.3 Å². The molecule has 20 heavy (non-hydrogen) atoms. The molecule has 2 rings (SSSR count). The molecule has 108 valence electrons. The molecule has 2 aromatic rings. The van der Waals surface area contributed by atoms with Gasteiger partial charge in [0, 0.05) is 12.1 Å². The number of aromatic nitrogens is 4. The van der Waals surface area contributed by atoms with E-state index in [1.807, 2.05) is 10.7 Å². The molecule has 0 atom stereocenters. The fourth-order valence-corrected chi connectivity index (χ4v) is 1.95. The van der Waals surface area contributed by atoms with Gasteiger partial charge in [-0.3, -0.25) is 0 Å². The average molecular weight is 273 g/mol. The highest BCUT2D eigenvalue weighted by molar-refractivity contribution is 5.14. The Morgan fingerprint density at radius 3 is 2.60 bits per heavy atom. The zero-order valence-electron chi connectivity index (χ0n) is 12.5. The van der Waals surface area contributed by atoms with Crippen molar-refractivity contribution in [2.24, 2.45) is 0 Å². The molecule has 1 heterocycles. The van der Waals surface area contributed by atoms with E-state index < -0.39 is 0 Å². The minimum atomic E-state index is 0.0703. The summed E-state index contributed by atoms with van der Waals surface area (Å²) in [7, 11) is 0. The third-order valence-corrected chi connectivity index (χ3v) is 3.06. The summed E-state index contributed by atoms with van der Waals surface area (Å²) in [5.41, 5.74) is 1.43. The van der Waals surface area contributed by atoms with E-state index in [0.717, 1.165) is 25.2 Å². The average Bonchev–Trinajstić information content (AvgIpc) is 2.84. The highest BCUT2D eigenvalue weighted by Gasteiger charge is 2.12. The molecule has 5 nitrogen and oxygen atoms in total. The van der Waals surface area contributed by atoms with Gasteiger partial charge < -0.3 is 5.32 Å². The van der Waals surface area contributed by atoms with Crippen LogP contribution >= 0.6 is 0 Å². The molecule has 0 bridgehead atoms. The van der Waals surface area contributed by atoms with Crippen molar-refractivity contribution in [1.29, 1.82) is 0 Å². The molecule has 0 fully saturated rings. The quantitative estimate of drug-likeness (QED) is 0.876. The van der Waals surface area contributed by atoms with Gasteiger partial charge in [-0.05, 0) is 49.6 Å². The minimum Gasteiger partial charge on any atom is -0.305 e. The summed E-state index contributed by atoms with van der Waals surface area (Å²) in [5, 5.41) is 15.3. The molecule has 0 saturated carbocycles. The molecule has 0 aliphatic heterocycles. The molecule has 0 spiro atoms. The zero-order valence-corrected chi connectivity index (χ0v) is 12.5. The Morgan fingerprint density at radius 1 is 1.15 bits per heavy atom. The molecule has 1 aromatic heterocycles. The van der Waals surface area contributed by atoms with Gasteiger partial charge in [0.25, 0.3) is 0 Å². The summed E-state index contributed by atoms with van der Waals surface area (Å²) in [6.07, 6.45) is 2.09. The molecule has 0 aliphatic rings. The van der Waals surface area contributed by atoms with Gasteiger partial charge in [-0.15, -0.1) is 5.10 Å². The number of benzene rings is 1. The normalized spacial score (nSPS) is 11.8. The summed E-state index contributed by atoms with van der Waals surface area (Å²) < 4.78 is 1.89. The van der Waals surface area contributed by atoms with Crippen LogP contribution in [-0.4, -0.2) is 25.7 Å². The lowest BCUT2D eigenvalue weighted by atomic mass is 10.1. The molecule has 0 aliphatic carbocycles. The van der Waals surface area contributed by atoms with E-state index in [9.17, 15) is 0 Å². The van der Waals surface area contributed by atoms with Gasteiger partial charge in [-0.1, -0.05) is 30.3 Å². The standard InChI is InChI=1S/C15H23N5/c1-15(2,3)16-12-14-17-18-19-20(14)11-7-10-13-8-5-4-6-9-13/h4-6,8-9,16H,7,10-12H2,1-3H3. The topological polar surface area (TPSA) is 55.6 Å². The highest BCUT2D eigenvalue weighted by Crippen LogP contribution is 2.05. The van der Waals surface area contributed by atoms with Crippen LogP contribution < -0.4 is 5.32 Å². The van der Waals surface area contributed by atoms with Crippen LogP contribution in [0.25, 0.3) is 0 Å². The molecule has 0 saturated heterocycles.